The highest BCUT2D eigenvalue weighted by Crippen LogP contribution is 2.41. The van der Waals surface area contributed by atoms with Crippen LogP contribution in [0.25, 0.3) is 5.76 Å². The number of amides is 1. The Morgan fingerprint density at radius 3 is 2.40 bits per heavy atom. The topological polar surface area (TPSA) is 98.4 Å². The first kappa shape index (κ1) is 23.9. The van der Waals surface area contributed by atoms with Crippen molar-refractivity contribution in [2.45, 2.75) is 25.9 Å². The molecule has 4 rings (SSSR count). The highest BCUT2D eigenvalue weighted by molar-refractivity contribution is 6.46. The van der Waals surface area contributed by atoms with Gasteiger partial charge in [-0.15, -0.1) is 0 Å². The number of aliphatic hydroxyl groups excluding tert-OH is 1. The lowest BCUT2D eigenvalue weighted by Crippen LogP contribution is -2.29. The Hall–Kier alpha value is -4.20. The van der Waals surface area contributed by atoms with Crippen LogP contribution in [0.3, 0.4) is 0 Å². The van der Waals surface area contributed by atoms with Crippen molar-refractivity contribution in [1.29, 1.82) is 0 Å². The predicted molar refractivity (Wildman–Crippen MR) is 128 cm³/mol. The molecule has 0 bridgehead atoms. The molecule has 1 saturated heterocycles. The van der Waals surface area contributed by atoms with Gasteiger partial charge in [0.1, 0.15) is 17.3 Å². The molecule has 2 aromatic carbocycles. The molecule has 0 aliphatic carbocycles. The van der Waals surface area contributed by atoms with Crippen molar-refractivity contribution in [3.63, 3.8) is 0 Å². The number of ether oxygens (including phenoxy) is 3. The molecular weight excluding hydrogens is 450 g/mol. The van der Waals surface area contributed by atoms with Crippen LogP contribution in [0, 0.1) is 0 Å². The minimum absolute atomic E-state index is 0.0176. The molecule has 2 heterocycles. The van der Waals surface area contributed by atoms with Crippen molar-refractivity contribution in [2.24, 2.45) is 0 Å². The number of benzene rings is 2. The molecule has 8 nitrogen and oxygen atoms in total. The normalized spacial score (nSPS) is 17.0. The van der Waals surface area contributed by atoms with Gasteiger partial charge in [-0.25, -0.2) is 0 Å². The molecule has 1 aliphatic heterocycles. The van der Waals surface area contributed by atoms with E-state index in [0.717, 1.165) is 6.42 Å². The lowest BCUT2D eigenvalue weighted by molar-refractivity contribution is -0.140. The SMILES string of the molecule is CCCOc1ccc(C2/C(=C(\O)c3ccc(OC)c(OC)c3)C(=O)C(=O)N2Cc2ccco2)cc1. The van der Waals surface area contributed by atoms with Crippen LogP contribution in [0.5, 0.6) is 17.2 Å². The van der Waals surface area contributed by atoms with Crippen LogP contribution in [0.4, 0.5) is 0 Å². The van der Waals surface area contributed by atoms with Gasteiger partial charge in [-0.3, -0.25) is 9.59 Å². The number of carbonyl (C=O) groups is 2. The van der Waals surface area contributed by atoms with Crippen molar-refractivity contribution in [3.8, 4) is 17.2 Å². The van der Waals surface area contributed by atoms with E-state index in [-0.39, 0.29) is 17.9 Å². The van der Waals surface area contributed by atoms with Gasteiger partial charge in [0.2, 0.25) is 0 Å². The van der Waals surface area contributed by atoms with Crippen molar-refractivity contribution in [2.75, 3.05) is 20.8 Å². The molecule has 35 heavy (non-hydrogen) atoms. The molecule has 3 aromatic rings. The number of nitrogens with zero attached hydrogens (tertiary/aromatic N) is 1. The monoisotopic (exact) mass is 477 g/mol. The van der Waals surface area contributed by atoms with E-state index < -0.39 is 17.7 Å². The van der Waals surface area contributed by atoms with Gasteiger partial charge in [0.15, 0.2) is 11.5 Å². The summed E-state index contributed by atoms with van der Waals surface area (Å²) in [5.74, 6) is 0.253. The molecule has 0 radical (unpaired) electrons. The van der Waals surface area contributed by atoms with Gasteiger partial charge in [-0.1, -0.05) is 19.1 Å². The summed E-state index contributed by atoms with van der Waals surface area (Å²) in [7, 11) is 2.98. The van der Waals surface area contributed by atoms with Gasteiger partial charge in [0, 0.05) is 5.56 Å². The number of ketones is 1. The summed E-state index contributed by atoms with van der Waals surface area (Å²) in [5, 5.41) is 11.3. The average molecular weight is 478 g/mol. The Bertz CT molecular complexity index is 1230. The van der Waals surface area contributed by atoms with Crippen molar-refractivity contribution in [3.05, 3.63) is 83.3 Å². The summed E-state index contributed by atoms with van der Waals surface area (Å²) in [6, 6.07) is 14.6. The van der Waals surface area contributed by atoms with Crippen molar-refractivity contribution in [1.82, 2.24) is 4.90 Å². The Balaban J connectivity index is 1.82. The van der Waals surface area contributed by atoms with E-state index in [1.54, 1.807) is 54.6 Å². The van der Waals surface area contributed by atoms with E-state index in [9.17, 15) is 14.7 Å². The Morgan fingerprint density at radius 2 is 1.77 bits per heavy atom. The van der Waals surface area contributed by atoms with Gasteiger partial charge in [0.05, 0.1) is 45.2 Å². The summed E-state index contributed by atoms with van der Waals surface area (Å²) in [4.78, 5) is 27.7. The minimum Gasteiger partial charge on any atom is -0.507 e. The van der Waals surface area contributed by atoms with E-state index in [2.05, 4.69) is 0 Å². The van der Waals surface area contributed by atoms with E-state index in [4.69, 9.17) is 18.6 Å². The smallest absolute Gasteiger partial charge is 0.296 e. The fourth-order valence-corrected chi connectivity index (χ4v) is 4.07. The number of furan rings is 1. The third-order valence-electron chi connectivity index (χ3n) is 5.77. The summed E-state index contributed by atoms with van der Waals surface area (Å²) in [5.41, 5.74) is 0.962. The van der Waals surface area contributed by atoms with Gasteiger partial charge < -0.3 is 28.6 Å². The minimum atomic E-state index is -0.826. The van der Waals surface area contributed by atoms with Gasteiger partial charge in [-0.2, -0.15) is 0 Å². The predicted octanol–water partition coefficient (Wildman–Crippen LogP) is 4.71. The Kier molecular flexibility index (Phi) is 7.10. The lowest BCUT2D eigenvalue weighted by atomic mass is 9.95. The molecule has 1 atom stereocenters. The van der Waals surface area contributed by atoms with Crippen LogP contribution < -0.4 is 14.2 Å². The van der Waals surface area contributed by atoms with Crippen LogP contribution in [0.1, 0.15) is 36.3 Å². The molecule has 1 fully saturated rings. The van der Waals surface area contributed by atoms with Crippen LogP contribution in [-0.4, -0.2) is 42.5 Å². The first-order valence-corrected chi connectivity index (χ1v) is 11.2. The van der Waals surface area contributed by atoms with Crippen LogP contribution >= 0.6 is 0 Å². The van der Waals surface area contributed by atoms with E-state index >= 15 is 0 Å². The highest BCUT2D eigenvalue weighted by atomic mass is 16.5. The molecular formula is C27H27NO7. The maximum absolute atomic E-state index is 13.2. The molecule has 1 aromatic heterocycles. The van der Waals surface area contributed by atoms with Crippen LogP contribution in [0.2, 0.25) is 0 Å². The lowest BCUT2D eigenvalue weighted by Gasteiger charge is -2.24. The van der Waals surface area contributed by atoms with E-state index in [1.165, 1.54) is 25.4 Å². The number of Topliss-reactive ketones (excluding diaryl/α,β-unsaturated/α-hetero) is 1. The van der Waals surface area contributed by atoms with E-state index in [1.807, 2.05) is 6.92 Å². The third-order valence-corrected chi connectivity index (χ3v) is 5.77. The molecule has 0 saturated carbocycles. The number of aliphatic hydroxyl groups is 1. The zero-order chi connectivity index (χ0) is 24.9. The average Bonchev–Trinajstić information content (AvgIpc) is 3.49. The quantitative estimate of drug-likeness (QED) is 0.271. The number of likely N-dealkylation sites (tertiary alicyclic amines) is 1. The zero-order valence-electron chi connectivity index (χ0n) is 19.8. The number of methoxy groups -OCH3 is 2. The highest BCUT2D eigenvalue weighted by Gasteiger charge is 2.46. The molecule has 0 spiro atoms. The standard InChI is InChI=1S/C27H27NO7/c1-4-13-34-19-10-7-17(8-11-19)24-23(25(29)18-9-12-21(32-2)22(15-18)33-3)26(30)27(31)28(24)16-20-6-5-14-35-20/h5-12,14-15,24,29H,4,13,16H2,1-3H3/b25-23+. The maximum Gasteiger partial charge on any atom is 0.296 e. The maximum atomic E-state index is 13.2. The first-order valence-electron chi connectivity index (χ1n) is 11.2. The zero-order valence-corrected chi connectivity index (χ0v) is 19.8. The Morgan fingerprint density at radius 1 is 1.03 bits per heavy atom. The molecule has 8 heteroatoms. The molecule has 182 valence electrons. The first-order chi connectivity index (χ1) is 17.0. The molecule has 1 N–H and O–H groups in total. The summed E-state index contributed by atoms with van der Waals surface area (Å²) >= 11 is 0. The van der Waals surface area contributed by atoms with Crippen LogP contribution in [-0.2, 0) is 16.1 Å². The fourth-order valence-electron chi connectivity index (χ4n) is 4.07. The van der Waals surface area contributed by atoms with Gasteiger partial charge in [0.25, 0.3) is 11.7 Å². The Labute approximate surface area is 203 Å². The number of hydrogen-bond donors (Lipinski definition) is 1. The van der Waals surface area contributed by atoms with Crippen LogP contribution in [0.15, 0.2) is 70.9 Å². The summed E-state index contributed by atoms with van der Waals surface area (Å²) in [6.45, 7) is 2.67. The second kappa shape index (κ2) is 10.4. The number of carbonyl (C=O) groups excluding carboxylic acids is 2. The third kappa shape index (κ3) is 4.73. The van der Waals surface area contributed by atoms with Gasteiger partial charge in [-0.05, 0) is 54.4 Å². The largest absolute Gasteiger partial charge is 0.507 e. The molecule has 1 amide bonds. The van der Waals surface area contributed by atoms with Crippen molar-refractivity contribution >= 4 is 17.4 Å². The summed E-state index contributed by atoms with van der Waals surface area (Å²) in [6.07, 6.45) is 2.38. The van der Waals surface area contributed by atoms with Crippen molar-refractivity contribution < 1.29 is 33.3 Å². The fraction of sp³-hybridized carbons (Fsp3) is 0.259. The summed E-state index contributed by atoms with van der Waals surface area (Å²) < 4.78 is 21.7. The number of rotatable bonds is 9. The number of hydrogen-bond acceptors (Lipinski definition) is 7. The second-order valence-corrected chi connectivity index (χ2v) is 7.99. The van der Waals surface area contributed by atoms with Gasteiger partial charge >= 0.3 is 0 Å². The molecule has 1 unspecified atom stereocenters. The molecule has 1 aliphatic rings. The second-order valence-electron chi connectivity index (χ2n) is 7.99. The van der Waals surface area contributed by atoms with E-state index in [0.29, 0.717) is 40.7 Å².